The van der Waals surface area contributed by atoms with Gasteiger partial charge in [-0.05, 0) is 25.5 Å². The SMILES string of the molecule is O=C(NCC(O)c1ccccc1F)C1CCCCN1. The molecule has 1 fully saturated rings. The van der Waals surface area contributed by atoms with Gasteiger partial charge in [0.15, 0.2) is 0 Å². The van der Waals surface area contributed by atoms with Crippen LogP contribution in [0.15, 0.2) is 24.3 Å². The second-order valence-corrected chi connectivity index (χ2v) is 4.78. The van der Waals surface area contributed by atoms with Crippen LogP contribution in [0.25, 0.3) is 0 Å². The zero-order chi connectivity index (χ0) is 13.7. The van der Waals surface area contributed by atoms with Gasteiger partial charge in [0.1, 0.15) is 5.82 Å². The molecule has 0 radical (unpaired) electrons. The van der Waals surface area contributed by atoms with Gasteiger partial charge in [-0.3, -0.25) is 4.79 Å². The van der Waals surface area contributed by atoms with Gasteiger partial charge in [0.2, 0.25) is 5.91 Å². The van der Waals surface area contributed by atoms with Crippen LogP contribution >= 0.6 is 0 Å². The summed E-state index contributed by atoms with van der Waals surface area (Å²) in [6.07, 6.45) is 1.90. The molecule has 19 heavy (non-hydrogen) atoms. The van der Waals surface area contributed by atoms with Crippen molar-refractivity contribution in [2.75, 3.05) is 13.1 Å². The predicted octanol–water partition coefficient (Wildman–Crippen LogP) is 1.12. The lowest BCUT2D eigenvalue weighted by Crippen LogP contribution is -2.47. The number of nitrogens with one attached hydrogen (secondary N) is 2. The maximum absolute atomic E-state index is 13.4. The molecule has 1 aromatic rings. The summed E-state index contributed by atoms with van der Waals surface area (Å²) in [5.74, 6) is -0.588. The van der Waals surface area contributed by atoms with E-state index in [4.69, 9.17) is 0 Å². The minimum absolute atomic E-state index is 0.0257. The number of hydrogen-bond donors (Lipinski definition) is 3. The lowest BCUT2D eigenvalue weighted by Gasteiger charge is -2.23. The molecule has 1 amide bonds. The summed E-state index contributed by atoms with van der Waals surface area (Å²) in [7, 11) is 0. The van der Waals surface area contributed by atoms with E-state index < -0.39 is 11.9 Å². The molecule has 0 aromatic heterocycles. The lowest BCUT2D eigenvalue weighted by atomic mass is 10.0. The number of piperidine rings is 1. The monoisotopic (exact) mass is 266 g/mol. The van der Waals surface area contributed by atoms with Crippen LogP contribution < -0.4 is 10.6 Å². The maximum atomic E-state index is 13.4. The highest BCUT2D eigenvalue weighted by Gasteiger charge is 2.21. The van der Waals surface area contributed by atoms with Crippen LogP contribution in [0.1, 0.15) is 30.9 Å². The summed E-state index contributed by atoms with van der Waals surface area (Å²) >= 11 is 0. The zero-order valence-corrected chi connectivity index (χ0v) is 10.7. The molecule has 0 spiro atoms. The molecule has 2 unspecified atom stereocenters. The molecule has 1 saturated heterocycles. The summed E-state index contributed by atoms with van der Waals surface area (Å²) in [5, 5.41) is 15.7. The Morgan fingerprint density at radius 1 is 1.47 bits per heavy atom. The van der Waals surface area contributed by atoms with Crippen molar-refractivity contribution >= 4 is 5.91 Å². The quantitative estimate of drug-likeness (QED) is 0.765. The van der Waals surface area contributed by atoms with Crippen LogP contribution in [0.4, 0.5) is 4.39 Å². The molecule has 1 aromatic carbocycles. The maximum Gasteiger partial charge on any atom is 0.237 e. The molecule has 0 saturated carbocycles. The minimum Gasteiger partial charge on any atom is -0.386 e. The van der Waals surface area contributed by atoms with Crippen LogP contribution in [0.5, 0.6) is 0 Å². The van der Waals surface area contributed by atoms with Gasteiger partial charge < -0.3 is 15.7 Å². The first-order valence-electron chi connectivity index (χ1n) is 6.62. The lowest BCUT2D eigenvalue weighted by molar-refractivity contribution is -0.124. The second kappa shape index (κ2) is 6.63. The molecule has 0 aliphatic carbocycles. The molecule has 3 N–H and O–H groups in total. The largest absolute Gasteiger partial charge is 0.386 e. The first-order chi connectivity index (χ1) is 9.18. The number of carbonyl (C=O) groups is 1. The van der Waals surface area contributed by atoms with E-state index >= 15 is 0 Å². The molecule has 1 aliphatic rings. The number of rotatable bonds is 4. The summed E-state index contributed by atoms with van der Waals surface area (Å²) in [5.41, 5.74) is 0.208. The van der Waals surface area contributed by atoms with E-state index in [-0.39, 0.29) is 24.1 Å². The van der Waals surface area contributed by atoms with Gasteiger partial charge >= 0.3 is 0 Å². The minimum atomic E-state index is -1.02. The molecule has 2 rings (SSSR count). The van der Waals surface area contributed by atoms with E-state index in [1.807, 2.05) is 0 Å². The molecule has 104 valence electrons. The fourth-order valence-electron chi connectivity index (χ4n) is 2.25. The number of halogens is 1. The number of hydrogen-bond acceptors (Lipinski definition) is 3. The molecule has 1 heterocycles. The van der Waals surface area contributed by atoms with Crippen molar-refractivity contribution in [1.29, 1.82) is 0 Å². The van der Waals surface area contributed by atoms with Crippen LogP contribution in [-0.2, 0) is 4.79 Å². The highest BCUT2D eigenvalue weighted by Crippen LogP contribution is 2.15. The smallest absolute Gasteiger partial charge is 0.237 e. The number of aliphatic hydroxyl groups is 1. The van der Waals surface area contributed by atoms with Gasteiger partial charge in [-0.15, -0.1) is 0 Å². The van der Waals surface area contributed by atoms with Crippen LogP contribution in [0, 0.1) is 5.82 Å². The number of aliphatic hydroxyl groups excluding tert-OH is 1. The van der Waals surface area contributed by atoms with Gasteiger partial charge in [0, 0.05) is 12.1 Å². The Labute approximate surface area is 112 Å². The van der Waals surface area contributed by atoms with Crippen molar-refractivity contribution in [3.05, 3.63) is 35.6 Å². The normalized spacial score (nSPS) is 20.8. The standard InChI is InChI=1S/C14H19FN2O2/c15-11-6-2-1-5-10(11)13(18)9-17-14(19)12-7-3-4-8-16-12/h1-2,5-6,12-13,16,18H,3-4,7-9H2,(H,17,19). The van der Waals surface area contributed by atoms with Crippen molar-refractivity contribution in [3.63, 3.8) is 0 Å². The molecule has 0 bridgehead atoms. The first-order valence-corrected chi connectivity index (χ1v) is 6.62. The third kappa shape index (κ3) is 3.75. The van der Waals surface area contributed by atoms with Gasteiger partial charge in [-0.25, -0.2) is 4.39 Å². The summed E-state index contributed by atoms with van der Waals surface area (Å²) in [6.45, 7) is 0.867. The Morgan fingerprint density at radius 2 is 2.26 bits per heavy atom. The van der Waals surface area contributed by atoms with Crippen molar-refractivity contribution in [1.82, 2.24) is 10.6 Å². The molecule has 1 aliphatic heterocycles. The van der Waals surface area contributed by atoms with Gasteiger partial charge in [0.05, 0.1) is 12.1 Å². The third-order valence-electron chi connectivity index (χ3n) is 3.36. The number of carbonyl (C=O) groups excluding carboxylic acids is 1. The van der Waals surface area contributed by atoms with E-state index in [1.165, 1.54) is 12.1 Å². The van der Waals surface area contributed by atoms with E-state index in [2.05, 4.69) is 10.6 Å². The Morgan fingerprint density at radius 3 is 2.95 bits per heavy atom. The van der Waals surface area contributed by atoms with Crippen molar-refractivity contribution in [2.45, 2.75) is 31.4 Å². The highest BCUT2D eigenvalue weighted by molar-refractivity contribution is 5.81. The molecule has 4 nitrogen and oxygen atoms in total. The number of amides is 1. The summed E-state index contributed by atoms with van der Waals surface area (Å²) < 4.78 is 13.4. The first kappa shape index (κ1) is 14.0. The second-order valence-electron chi connectivity index (χ2n) is 4.78. The average Bonchev–Trinajstić information content (AvgIpc) is 2.46. The Bertz CT molecular complexity index is 433. The average molecular weight is 266 g/mol. The Hall–Kier alpha value is -1.46. The summed E-state index contributed by atoms with van der Waals surface area (Å²) in [6, 6.07) is 5.85. The number of benzene rings is 1. The summed E-state index contributed by atoms with van der Waals surface area (Å²) in [4.78, 5) is 11.8. The Balaban J connectivity index is 1.84. The molecule has 5 heteroatoms. The van der Waals surface area contributed by atoms with Crippen LogP contribution in [0.2, 0.25) is 0 Å². The molecular formula is C14H19FN2O2. The van der Waals surface area contributed by atoms with Crippen molar-refractivity contribution in [3.8, 4) is 0 Å². The predicted molar refractivity (Wildman–Crippen MR) is 70.0 cm³/mol. The fourth-order valence-corrected chi connectivity index (χ4v) is 2.25. The van der Waals surface area contributed by atoms with Gasteiger partial charge in [-0.1, -0.05) is 24.6 Å². The molecule has 2 atom stereocenters. The highest BCUT2D eigenvalue weighted by atomic mass is 19.1. The van der Waals surface area contributed by atoms with E-state index in [9.17, 15) is 14.3 Å². The molecular weight excluding hydrogens is 247 g/mol. The zero-order valence-electron chi connectivity index (χ0n) is 10.7. The van der Waals surface area contributed by atoms with E-state index in [0.717, 1.165) is 25.8 Å². The third-order valence-corrected chi connectivity index (χ3v) is 3.36. The van der Waals surface area contributed by atoms with Crippen molar-refractivity contribution in [2.24, 2.45) is 0 Å². The van der Waals surface area contributed by atoms with E-state index in [0.29, 0.717) is 0 Å². The van der Waals surface area contributed by atoms with Gasteiger partial charge in [0.25, 0.3) is 0 Å². The van der Waals surface area contributed by atoms with E-state index in [1.54, 1.807) is 12.1 Å². The van der Waals surface area contributed by atoms with Crippen LogP contribution in [0.3, 0.4) is 0 Å². The Kier molecular flexibility index (Phi) is 4.87. The topological polar surface area (TPSA) is 61.4 Å². The van der Waals surface area contributed by atoms with Gasteiger partial charge in [-0.2, -0.15) is 0 Å². The van der Waals surface area contributed by atoms with Crippen molar-refractivity contribution < 1.29 is 14.3 Å². The fraction of sp³-hybridized carbons (Fsp3) is 0.500. The van der Waals surface area contributed by atoms with Crippen LogP contribution in [-0.4, -0.2) is 30.1 Å².